The second kappa shape index (κ2) is 5.07. The van der Waals surface area contributed by atoms with E-state index in [0.29, 0.717) is 12.1 Å². The van der Waals surface area contributed by atoms with E-state index in [9.17, 15) is 0 Å². The summed E-state index contributed by atoms with van der Waals surface area (Å²) in [6, 6.07) is 2.96. The van der Waals surface area contributed by atoms with Gasteiger partial charge in [-0.25, -0.2) is 9.97 Å². The molecule has 0 atom stereocenters. The molecule has 0 aliphatic heterocycles. The second-order valence-electron chi connectivity index (χ2n) is 3.91. The Balaban J connectivity index is 1.82. The molecule has 1 aromatic rings. The lowest BCUT2D eigenvalue weighted by atomic mass is 9.93. The highest BCUT2D eigenvalue weighted by atomic mass is 16.5. The molecule has 0 bridgehead atoms. The lowest BCUT2D eigenvalue weighted by Crippen LogP contribution is -2.34. The summed E-state index contributed by atoms with van der Waals surface area (Å²) in [5.41, 5.74) is 0. The first-order chi connectivity index (χ1) is 7.38. The van der Waals surface area contributed by atoms with Crippen LogP contribution in [0.15, 0.2) is 18.5 Å². The molecule has 1 fully saturated rings. The molecule has 0 aromatic carbocycles. The lowest BCUT2D eigenvalue weighted by Gasteiger charge is -2.27. The van der Waals surface area contributed by atoms with Gasteiger partial charge < -0.3 is 10.1 Å². The van der Waals surface area contributed by atoms with Crippen molar-refractivity contribution in [3.05, 3.63) is 18.5 Å². The third kappa shape index (κ3) is 2.89. The Labute approximate surface area is 90.1 Å². The van der Waals surface area contributed by atoms with E-state index in [1.54, 1.807) is 18.5 Å². The summed E-state index contributed by atoms with van der Waals surface area (Å²) in [6.07, 6.45) is 8.23. The smallest absolute Gasteiger partial charge is 0.316 e. The molecule has 4 heteroatoms. The van der Waals surface area contributed by atoms with E-state index >= 15 is 0 Å². The van der Waals surface area contributed by atoms with Gasteiger partial charge in [-0.15, -0.1) is 0 Å². The largest absolute Gasteiger partial charge is 0.460 e. The summed E-state index contributed by atoms with van der Waals surface area (Å²) in [7, 11) is 2.02. The number of aromatic nitrogens is 2. The van der Waals surface area contributed by atoms with Crippen molar-refractivity contribution in [3.63, 3.8) is 0 Å². The van der Waals surface area contributed by atoms with Gasteiger partial charge in [-0.3, -0.25) is 0 Å². The molecule has 1 N–H and O–H groups in total. The fourth-order valence-corrected chi connectivity index (χ4v) is 1.96. The van der Waals surface area contributed by atoms with Crippen LogP contribution in [0.3, 0.4) is 0 Å². The fourth-order valence-electron chi connectivity index (χ4n) is 1.96. The third-order valence-electron chi connectivity index (χ3n) is 2.90. The summed E-state index contributed by atoms with van der Waals surface area (Å²) in [5.74, 6) is 0. The SMILES string of the molecule is CNC1CCC(Oc2ncccn2)CC1. The van der Waals surface area contributed by atoms with Crippen LogP contribution in [0.1, 0.15) is 25.7 Å². The van der Waals surface area contributed by atoms with Crippen molar-refractivity contribution in [1.29, 1.82) is 0 Å². The molecular formula is C11H17N3O. The van der Waals surface area contributed by atoms with Crippen molar-refractivity contribution in [2.75, 3.05) is 7.05 Å². The predicted octanol–water partition coefficient (Wildman–Crippen LogP) is 1.39. The Kier molecular flexibility index (Phi) is 3.50. The third-order valence-corrected chi connectivity index (χ3v) is 2.90. The molecule has 1 aliphatic carbocycles. The number of nitrogens with one attached hydrogen (secondary N) is 1. The van der Waals surface area contributed by atoms with Crippen LogP contribution in [0.25, 0.3) is 0 Å². The molecule has 1 heterocycles. The van der Waals surface area contributed by atoms with Crippen molar-refractivity contribution in [3.8, 4) is 6.01 Å². The van der Waals surface area contributed by atoms with E-state index < -0.39 is 0 Å². The average molecular weight is 207 g/mol. The van der Waals surface area contributed by atoms with Crippen LogP contribution < -0.4 is 10.1 Å². The van der Waals surface area contributed by atoms with Crippen LogP contribution >= 0.6 is 0 Å². The monoisotopic (exact) mass is 207 g/mol. The molecule has 0 saturated heterocycles. The van der Waals surface area contributed by atoms with Gasteiger partial charge in [0.2, 0.25) is 0 Å². The summed E-state index contributed by atoms with van der Waals surface area (Å²) in [6.45, 7) is 0. The van der Waals surface area contributed by atoms with Gasteiger partial charge in [0.1, 0.15) is 6.10 Å². The fraction of sp³-hybridized carbons (Fsp3) is 0.636. The van der Waals surface area contributed by atoms with Gasteiger partial charge in [-0.1, -0.05) is 0 Å². The molecule has 0 unspecified atom stereocenters. The van der Waals surface area contributed by atoms with Crippen molar-refractivity contribution in [1.82, 2.24) is 15.3 Å². The highest BCUT2D eigenvalue weighted by Crippen LogP contribution is 2.21. The normalized spacial score (nSPS) is 26.2. The van der Waals surface area contributed by atoms with E-state index in [-0.39, 0.29) is 6.10 Å². The Morgan fingerprint density at radius 1 is 1.20 bits per heavy atom. The molecule has 0 amide bonds. The standard InChI is InChI=1S/C11H17N3O/c1-12-9-3-5-10(6-4-9)15-11-13-7-2-8-14-11/h2,7-10,12H,3-6H2,1H3. The molecule has 1 aromatic heterocycles. The Bertz CT molecular complexity index is 283. The van der Waals surface area contributed by atoms with Gasteiger partial charge in [0.05, 0.1) is 0 Å². The first kappa shape index (κ1) is 10.4. The lowest BCUT2D eigenvalue weighted by molar-refractivity contribution is 0.129. The van der Waals surface area contributed by atoms with Gasteiger partial charge >= 0.3 is 6.01 Å². The van der Waals surface area contributed by atoms with Crippen molar-refractivity contribution >= 4 is 0 Å². The minimum absolute atomic E-state index is 0.289. The number of hydrogen-bond acceptors (Lipinski definition) is 4. The summed E-state index contributed by atoms with van der Waals surface area (Å²) < 4.78 is 5.70. The van der Waals surface area contributed by atoms with Crippen LogP contribution in [0.5, 0.6) is 6.01 Å². The van der Waals surface area contributed by atoms with Crippen LogP contribution in [-0.2, 0) is 0 Å². The van der Waals surface area contributed by atoms with Crippen LogP contribution in [0, 0.1) is 0 Å². The maximum absolute atomic E-state index is 5.70. The Morgan fingerprint density at radius 3 is 2.47 bits per heavy atom. The molecule has 1 aliphatic rings. The van der Waals surface area contributed by atoms with Crippen molar-refractivity contribution in [2.45, 2.75) is 37.8 Å². The molecule has 0 radical (unpaired) electrons. The number of nitrogens with zero attached hydrogens (tertiary/aromatic N) is 2. The van der Waals surface area contributed by atoms with Crippen molar-refractivity contribution in [2.24, 2.45) is 0 Å². The Morgan fingerprint density at radius 2 is 1.87 bits per heavy atom. The summed E-state index contributed by atoms with van der Waals surface area (Å²) >= 11 is 0. The highest BCUT2D eigenvalue weighted by Gasteiger charge is 2.21. The van der Waals surface area contributed by atoms with Gasteiger partial charge in [0, 0.05) is 18.4 Å². The zero-order valence-corrected chi connectivity index (χ0v) is 9.02. The molecule has 82 valence electrons. The average Bonchev–Trinajstić information content (AvgIpc) is 2.31. The van der Waals surface area contributed by atoms with E-state index in [1.807, 2.05) is 7.05 Å². The first-order valence-electron chi connectivity index (χ1n) is 5.49. The quantitative estimate of drug-likeness (QED) is 0.813. The molecule has 15 heavy (non-hydrogen) atoms. The van der Waals surface area contributed by atoms with Gasteiger partial charge in [-0.05, 0) is 38.8 Å². The van der Waals surface area contributed by atoms with E-state index in [2.05, 4.69) is 15.3 Å². The topological polar surface area (TPSA) is 47.0 Å². The van der Waals surface area contributed by atoms with Gasteiger partial charge in [0.15, 0.2) is 0 Å². The highest BCUT2D eigenvalue weighted by molar-refractivity contribution is 4.95. The summed E-state index contributed by atoms with van der Waals surface area (Å²) in [5, 5.41) is 3.30. The van der Waals surface area contributed by atoms with Crippen molar-refractivity contribution < 1.29 is 4.74 Å². The second-order valence-corrected chi connectivity index (χ2v) is 3.91. The minimum atomic E-state index is 0.289. The zero-order valence-electron chi connectivity index (χ0n) is 9.02. The van der Waals surface area contributed by atoms with Crippen LogP contribution in [0.4, 0.5) is 0 Å². The van der Waals surface area contributed by atoms with Gasteiger partial charge in [0.25, 0.3) is 0 Å². The minimum Gasteiger partial charge on any atom is -0.460 e. The van der Waals surface area contributed by atoms with E-state index in [0.717, 1.165) is 12.8 Å². The maximum atomic E-state index is 5.70. The first-order valence-corrected chi connectivity index (χ1v) is 5.49. The zero-order chi connectivity index (χ0) is 10.5. The molecular weight excluding hydrogens is 190 g/mol. The molecule has 1 saturated carbocycles. The van der Waals surface area contributed by atoms with Crippen LogP contribution in [-0.4, -0.2) is 29.2 Å². The number of rotatable bonds is 3. The molecule has 0 spiro atoms. The summed E-state index contributed by atoms with van der Waals surface area (Å²) in [4.78, 5) is 8.13. The molecule has 4 nitrogen and oxygen atoms in total. The number of hydrogen-bond donors (Lipinski definition) is 1. The molecule has 2 rings (SSSR count). The Hall–Kier alpha value is -1.16. The maximum Gasteiger partial charge on any atom is 0.316 e. The predicted molar refractivity (Wildman–Crippen MR) is 57.8 cm³/mol. The van der Waals surface area contributed by atoms with Crippen LogP contribution in [0.2, 0.25) is 0 Å². The number of ether oxygens (including phenoxy) is 1. The van der Waals surface area contributed by atoms with E-state index in [4.69, 9.17) is 4.74 Å². The van der Waals surface area contributed by atoms with E-state index in [1.165, 1.54) is 12.8 Å². The van der Waals surface area contributed by atoms with Gasteiger partial charge in [-0.2, -0.15) is 0 Å².